The van der Waals surface area contributed by atoms with Gasteiger partial charge in [-0.3, -0.25) is 4.90 Å². The second-order valence-corrected chi connectivity index (χ2v) is 9.62. The van der Waals surface area contributed by atoms with Crippen LogP contribution in [0.2, 0.25) is 0 Å². The van der Waals surface area contributed by atoms with Crippen LogP contribution in [0.1, 0.15) is 38.1 Å². The van der Waals surface area contributed by atoms with Gasteiger partial charge < -0.3 is 10.1 Å². The Labute approximate surface area is 190 Å². The van der Waals surface area contributed by atoms with Gasteiger partial charge in [0.25, 0.3) is 0 Å². The molecule has 3 aromatic rings. The van der Waals surface area contributed by atoms with Crippen LogP contribution in [-0.2, 0) is 4.74 Å². The number of ether oxygens (including phenoxy) is 1. The molecule has 1 amide bonds. The summed E-state index contributed by atoms with van der Waals surface area (Å²) in [7, 11) is 0. The summed E-state index contributed by atoms with van der Waals surface area (Å²) in [4.78, 5) is 19.0. The van der Waals surface area contributed by atoms with Crippen molar-refractivity contribution in [2.24, 2.45) is 0 Å². The smallest absolute Gasteiger partial charge is 0.410 e. The highest BCUT2D eigenvalue weighted by atomic mass is 127. The number of piperazine rings is 1. The molecular weight excluding hydrogens is 493 g/mol. The fourth-order valence-corrected chi connectivity index (χ4v) is 4.19. The van der Waals surface area contributed by atoms with Crippen LogP contribution in [0.25, 0.3) is 16.8 Å². The van der Waals surface area contributed by atoms with E-state index in [-0.39, 0.29) is 12.1 Å². The molecule has 3 heterocycles. The van der Waals surface area contributed by atoms with Crippen LogP contribution in [0.4, 0.5) is 4.79 Å². The molecule has 0 saturated carbocycles. The first-order valence-corrected chi connectivity index (χ1v) is 11.1. The number of nitrogens with zero attached hydrogens (tertiary/aromatic N) is 4. The number of aromatic nitrogens is 3. The molecule has 7 nitrogen and oxygen atoms in total. The number of amides is 1. The molecule has 1 aromatic carbocycles. The Morgan fingerprint density at radius 1 is 1.27 bits per heavy atom. The lowest BCUT2D eigenvalue weighted by molar-refractivity contribution is 0.0118. The van der Waals surface area contributed by atoms with E-state index in [2.05, 4.69) is 68.3 Å². The molecule has 0 bridgehead atoms. The maximum atomic E-state index is 12.7. The monoisotopic (exact) mass is 519 g/mol. The van der Waals surface area contributed by atoms with Crippen LogP contribution in [0, 0.1) is 10.6 Å². The highest BCUT2D eigenvalue weighted by Crippen LogP contribution is 2.29. The lowest BCUT2D eigenvalue weighted by atomic mass is 9.98. The highest BCUT2D eigenvalue weighted by Gasteiger charge is 2.31. The Kier molecular flexibility index (Phi) is 5.71. The quantitative estimate of drug-likeness (QED) is 0.515. The zero-order valence-corrected chi connectivity index (χ0v) is 19.8. The van der Waals surface area contributed by atoms with Crippen molar-refractivity contribution in [3.63, 3.8) is 0 Å². The zero-order chi connectivity index (χ0) is 21.5. The third-order valence-electron chi connectivity index (χ3n) is 5.11. The third kappa shape index (κ3) is 4.29. The molecular formula is C22H26IN5O2. The lowest BCUT2D eigenvalue weighted by Gasteiger charge is -2.37. The molecule has 1 unspecified atom stereocenters. The summed E-state index contributed by atoms with van der Waals surface area (Å²) in [5, 5.41) is 8.05. The SMILES string of the molecule is Cc1nn2c(I)cnc2cc1-c1ccc(C2CNCCN2C(=O)OC(C)(C)C)cc1. The summed E-state index contributed by atoms with van der Waals surface area (Å²) in [6, 6.07) is 10.4. The molecule has 0 spiro atoms. The molecule has 2 aromatic heterocycles. The van der Waals surface area contributed by atoms with Crippen LogP contribution in [0.5, 0.6) is 0 Å². The van der Waals surface area contributed by atoms with E-state index in [9.17, 15) is 4.79 Å². The first-order chi connectivity index (χ1) is 14.2. The summed E-state index contributed by atoms with van der Waals surface area (Å²) in [6.45, 7) is 9.79. The van der Waals surface area contributed by atoms with Crippen molar-refractivity contribution < 1.29 is 9.53 Å². The van der Waals surface area contributed by atoms with Gasteiger partial charge in [-0.1, -0.05) is 24.3 Å². The van der Waals surface area contributed by atoms with Gasteiger partial charge in [-0.15, -0.1) is 0 Å². The number of aryl methyl sites for hydroxylation is 1. The molecule has 1 aliphatic rings. The molecule has 4 rings (SSSR count). The first kappa shape index (κ1) is 21.0. The third-order valence-corrected chi connectivity index (χ3v) is 5.85. The predicted octanol–water partition coefficient (Wildman–Crippen LogP) is 4.19. The standard InChI is InChI=1S/C22H26IN5O2/c1-14-17(11-20-25-13-19(23)28(20)26-14)15-5-7-16(8-6-15)18-12-24-9-10-27(18)21(29)30-22(2,3)4/h5-8,11,13,18,24H,9-10,12H2,1-4H3. The maximum Gasteiger partial charge on any atom is 0.410 e. The van der Waals surface area contributed by atoms with Crippen LogP contribution < -0.4 is 5.32 Å². The van der Waals surface area contributed by atoms with Gasteiger partial charge in [-0.25, -0.2) is 14.3 Å². The van der Waals surface area contributed by atoms with Gasteiger partial charge in [0, 0.05) is 25.2 Å². The Balaban J connectivity index is 1.61. The summed E-state index contributed by atoms with van der Waals surface area (Å²) in [6.07, 6.45) is 1.55. The summed E-state index contributed by atoms with van der Waals surface area (Å²) < 4.78 is 8.45. The first-order valence-electron chi connectivity index (χ1n) is 10.0. The number of carbonyl (C=O) groups excluding carboxylic acids is 1. The van der Waals surface area contributed by atoms with Crippen molar-refractivity contribution in [3.05, 3.63) is 51.5 Å². The number of halogens is 1. The van der Waals surface area contributed by atoms with E-state index in [1.807, 2.05) is 43.3 Å². The second-order valence-electron chi connectivity index (χ2n) is 8.51. The molecule has 0 radical (unpaired) electrons. The Bertz CT molecular complexity index is 1070. The minimum atomic E-state index is -0.510. The number of nitrogens with one attached hydrogen (secondary N) is 1. The van der Waals surface area contributed by atoms with E-state index in [1.165, 1.54) is 0 Å². The molecule has 1 N–H and O–H groups in total. The number of imidazole rings is 1. The predicted molar refractivity (Wildman–Crippen MR) is 124 cm³/mol. The van der Waals surface area contributed by atoms with E-state index in [0.717, 1.165) is 38.3 Å². The number of hydrogen-bond donors (Lipinski definition) is 1. The number of carbonyl (C=O) groups is 1. The van der Waals surface area contributed by atoms with E-state index in [1.54, 1.807) is 0 Å². The number of hydrogen-bond acceptors (Lipinski definition) is 5. The number of fused-ring (bicyclic) bond motifs is 1. The summed E-state index contributed by atoms with van der Waals surface area (Å²) in [5.74, 6) is 0. The van der Waals surface area contributed by atoms with Crippen molar-refractivity contribution in [3.8, 4) is 11.1 Å². The van der Waals surface area contributed by atoms with Crippen molar-refractivity contribution in [2.75, 3.05) is 19.6 Å². The minimum absolute atomic E-state index is 0.0572. The molecule has 1 saturated heterocycles. The Hall–Kier alpha value is -2.20. The average molecular weight is 519 g/mol. The zero-order valence-electron chi connectivity index (χ0n) is 17.6. The van der Waals surface area contributed by atoms with E-state index in [0.29, 0.717) is 13.1 Å². The largest absolute Gasteiger partial charge is 0.444 e. The normalized spacial score (nSPS) is 17.4. The van der Waals surface area contributed by atoms with Crippen LogP contribution in [-0.4, -0.2) is 50.8 Å². The summed E-state index contributed by atoms with van der Waals surface area (Å²) >= 11 is 2.23. The Morgan fingerprint density at radius 3 is 2.70 bits per heavy atom. The van der Waals surface area contributed by atoms with Gasteiger partial charge in [0.1, 0.15) is 9.30 Å². The van der Waals surface area contributed by atoms with E-state index in [4.69, 9.17) is 4.74 Å². The van der Waals surface area contributed by atoms with Crippen LogP contribution in [0.15, 0.2) is 36.5 Å². The number of rotatable bonds is 2. The number of benzene rings is 1. The van der Waals surface area contributed by atoms with Gasteiger partial charge in [-0.05, 0) is 67.5 Å². The molecule has 30 heavy (non-hydrogen) atoms. The maximum absolute atomic E-state index is 12.7. The summed E-state index contributed by atoms with van der Waals surface area (Å²) in [5.41, 5.74) is 4.49. The van der Waals surface area contributed by atoms with Crippen molar-refractivity contribution in [2.45, 2.75) is 39.3 Å². The highest BCUT2D eigenvalue weighted by molar-refractivity contribution is 14.1. The van der Waals surface area contributed by atoms with Crippen molar-refractivity contribution in [1.82, 2.24) is 24.8 Å². The fraction of sp³-hybridized carbons (Fsp3) is 0.409. The average Bonchev–Trinajstić information content (AvgIpc) is 3.06. The van der Waals surface area contributed by atoms with Gasteiger partial charge in [0.15, 0.2) is 5.65 Å². The van der Waals surface area contributed by atoms with E-state index < -0.39 is 5.60 Å². The lowest BCUT2D eigenvalue weighted by Crippen LogP contribution is -2.50. The Morgan fingerprint density at radius 2 is 2.00 bits per heavy atom. The van der Waals surface area contributed by atoms with Gasteiger partial charge >= 0.3 is 6.09 Å². The fourth-order valence-electron chi connectivity index (χ4n) is 3.69. The molecule has 0 aliphatic carbocycles. The van der Waals surface area contributed by atoms with Gasteiger partial charge in [0.05, 0.1) is 17.9 Å². The van der Waals surface area contributed by atoms with Crippen molar-refractivity contribution >= 4 is 34.3 Å². The van der Waals surface area contributed by atoms with Crippen LogP contribution in [0.3, 0.4) is 0 Å². The second kappa shape index (κ2) is 8.14. The van der Waals surface area contributed by atoms with Crippen LogP contribution >= 0.6 is 22.6 Å². The van der Waals surface area contributed by atoms with Crippen molar-refractivity contribution in [1.29, 1.82) is 0 Å². The molecule has 1 fully saturated rings. The molecule has 1 atom stereocenters. The van der Waals surface area contributed by atoms with Gasteiger partial charge in [-0.2, -0.15) is 5.10 Å². The molecule has 1 aliphatic heterocycles. The topological polar surface area (TPSA) is 71.8 Å². The van der Waals surface area contributed by atoms with Gasteiger partial charge in [0.2, 0.25) is 0 Å². The minimum Gasteiger partial charge on any atom is -0.444 e. The molecule has 158 valence electrons. The molecule has 8 heteroatoms. The van der Waals surface area contributed by atoms with E-state index >= 15 is 0 Å².